The number of benzene rings is 1. The van der Waals surface area contributed by atoms with E-state index in [1.54, 1.807) is 12.1 Å². The molecule has 1 N–H and O–H groups in total. The van der Waals surface area contributed by atoms with Crippen molar-refractivity contribution in [3.63, 3.8) is 0 Å². The average molecular weight is 270 g/mol. The van der Waals surface area contributed by atoms with Crippen LogP contribution >= 0.6 is 23.2 Å². The first-order valence-corrected chi connectivity index (χ1v) is 6.21. The van der Waals surface area contributed by atoms with E-state index >= 15 is 0 Å². The molecule has 0 bridgehead atoms. The van der Waals surface area contributed by atoms with Crippen LogP contribution in [0, 0.1) is 0 Å². The number of furan rings is 1. The quantitative estimate of drug-likeness (QED) is 0.892. The maximum atomic E-state index is 6.12. The Morgan fingerprint density at radius 3 is 2.71 bits per heavy atom. The van der Waals surface area contributed by atoms with E-state index in [-0.39, 0.29) is 0 Å². The summed E-state index contributed by atoms with van der Waals surface area (Å²) in [6, 6.07) is 9.24. The van der Waals surface area contributed by atoms with Crippen molar-refractivity contribution < 1.29 is 4.42 Å². The predicted molar refractivity (Wildman–Crippen MR) is 71.5 cm³/mol. The van der Waals surface area contributed by atoms with Gasteiger partial charge >= 0.3 is 0 Å². The summed E-state index contributed by atoms with van der Waals surface area (Å²) in [5.41, 5.74) is 0.860. The van der Waals surface area contributed by atoms with Crippen LogP contribution in [0.5, 0.6) is 0 Å². The largest absolute Gasteiger partial charge is 0.460 e. The molecule has 2 rings (SSSR count). The molecule has 0 spiro atoms. The van der Waals surface area contributed by atoms with Crippen LogP contribution in [0.25, 0.3) is 11.3 Å². The van der Waals surface area contributed by atoms with Gasteiger partial charge in [-0.1, -0.05) is 30.1 Å². The second-order valence-electron chi connectivity index (χ2n) is 3.67. The summed E-state index contributed by atoms with van der Waals surface area (Å²) in [6.45, 7) is 3.69. The fourth-order valence-corrected chi connectivity index (χ4v) is 2.06. The zero-order valence-electron chi connectivity index (χ0n) is 9.47. The van der Waals surface area contributed by atoms with E-state index in [4.69, 9.17) is 27.6 Å². The minimum atomic E-state index is 0.599. The molecule has 1 heterocycles. The Hall–Kier alpha value is -0.960. The Bertz CT molecular complexity index is 508. The molecule has 0 aliphatic rings. The molecular weight excluding hydrogens is 257 g/mol. The molecule has 17 heavy (non-hydrogen) atoms. The van der Waals surface area contributed by atoms with E-state index in [0.29, 0.717) is 10.0 Å². The lowest BCUT2D eigenvalue weighted by molar-refractivity contribution is 0.498. The van der Waals surface area contributed by atoms with Crippen LogP contribution in [0.2, 0.25) is 10.0 Å². The van der Waals surface area contributed by atoms with Crippen LogP contribution in [0.1, 0.15) is 12.7 Å². The highest BCUT2D eigenvalue weighted by Gasteiger charge is 2.08. The fraction of sp³-hybridized carbons (Fsp3) is 0.231. The lowest BCUT2D eigenvalue weighted by Gasteiger charge is -2.01. The van der Waals surface area contributed by atoms with Gasteiger partial charge in [-0.3, -0.25) is 0 Å². The van der Waals surface area contributed by atoms with Crippen LogP contribution in [-0.4, -0.2) is 6.54 Å². The molecule has 2 nitrogen and oxygen atoms in total. The van der Waals surface area contributed by atoms with Crippen molar-refractivity contribution in [2.75, 3.05) is 6.54 Å². The molecule has 90 valence electrons. The van der Waals surface area contributed by atoms with Crippen molar-refractivity contribution in [3.8, 4) is 11.3 Å². The smallest absolute Gasteiger partial charge is 0.135 e. The van der Waals surface area contributed by atoms with Crippen molar-refractivity contribution in [1.29, 1.82) is 0 Å². The number of hydrogen-bond acceptors (Lipinski definition) is 2. The van der Waals surface area contributed by atoms with Gasteiger partial charge in [0.15, 0.2) is 0 Å². The standard InChI is InChI=1S/C13H13Cl2NO/c1-2-16-8-10-4-6-13(17-10)11-5-3-9(14)7-12(11)15/h3-7,16H,2,8H2,1H3. The molecule has 0 aliphatic carbocycles. The van der Waals surface area contributed by atoms with Crippen molar-refractivity contribution in [1.82, 2.24) is 5.32 Å². The van der Waals surface area contributed by atoms with Crippen LogP contribution in [0.3, 0.4) is 0 Å². The third-order valence-corrected chi connectivity index (χ3v) is 2.96. The zero-order valence-corrected chi connectivity index (χ0v) is 11.0. The van der Waals surface area contributed by atoms with Crippen molar-refractivity contribution in [2.24, 2.45) is 0 Å². The summed E-state index contributed by atoms with van der Waals surface area (Å²) >= 11 is 12.0. The van der Waals surface area contributed by atoms with Gasteiger partial charge in [0.25, 0.3) is 0 Å². The molecule has 0 amide bonds. The average Bonchev–Trinajstić information content (AvgIpc) is 2.75. The van der Waals surface area contributed by atoms with Gasteiger partial charge in [-0.15, -0.1) is 0 Å². The van der Waals surface area contributed by atoms with E-state index in [1.807, 2.05) is 18.2 Å². The molecule has 0 radical (unpaired) electrons. The van der Waals surface area contributed by atoms with E-state index in [0.717, 1.165) is 30.2 Å². The first-order chi connectivity index (χ1) is 8.20. The first-order valence-electron chi connectivity index (χ1n) is 5.45. The summed E-state index contributed by atoms with van der Waals surface area (Å²) in [6.07, 6.45) is 0. The van der Waals surface area contributed by atoms with Crippen LogP contribution in [-0.2, 0) is 6.54 Å². The van der Waals surface area contributed by atoms with E-state index in [2.05, 4.69) is 12.2 Å². The van der Waals surface area contributed by atoms with E-state index in [9.17, 15) is 0 Å². The molecule has 4 heteroatoms. The summed E-state index contributed by atoms with van der Waals surface area (Å²) in [5, 5.41) is 4.43. The van der Waals surface area contributed by atoms with Crippen molar-refractivity contribution in [2.45, 2.75) is 13.5 Å². The van der Waals surface area contributed by atoms with Gasteiger partial charge < -0.3 is 9.73 Å². The van der Waals surface area contributed by atoms with Gasteiger partial charge in [-0.25, -0.2) is 0 Å². The van der Waals surface area contributed by atoms with Crippen LogP contribution in [0.15, 0.2) is 34.7 Å². The van der Waals surface area contributed by atoms with E-state index in [1.165, 1.54) is 0 Å². The first kappa shape index (κ1) is 12.5. The molecule has 0 saturated heterocycles. The van der Waals surface area contributed by atoms with Gasteiger partial charge in [-0.2, -0.15) is 0 Å². The van der Waals surface area contributed by atoms with Gasteiger partial charge in [0.2, 0.25) is 0 Å². The highest BCUT2D eigenvalue weighted by molar-refractivity contribution is 6.36. The topological polar surface area (TPSA) is 25.2 Å². The highest BCUT2D eigenvalue weighted by Crippen LogP contribution is 2.31. The van der Waals surface area contributed by atoms with Gasteiger partial charge in [0, 0.05) is 10.6 Å². The number of hydrogen-bond donors (Lipinski definition) is 1. The molecule has 0 fully saturated rings. The summed E-state index contributed by atoms with van der Waals surface area (Å²) in [7, 11) is 0. The Morgan fingerprint density at radius 1 is 1.18 bits per heavy atom. The Kier molecular flexibility index (Phi) is 4.11. The van der Waals surface area contributed by atoms with Crippen LogP contribution < -0.4 is 5.32 Å². The minimum Gasteiger partial charge on any atom is -0.460 e. The molecule has 0 atom stereocenters. The van der Waals surface area contributed by atoms with Crippen molar-refractivity contribution in [3.05, 3.63) is 46.1 Å². The predicted octanol–water partition coefficient (Wildman–Crippen LogP) is 4.36. The third-order valence-electron chi connectivity index (χ3n) is 2.41. The molecule has 0 saturated carbocycles. The molecule has 2 aromatic rings. The molecule has 1 aromatic heterocycles. The second kappa shape index (κ2) is 5.58. The van der Waals surface area contributed by atoms with Gasteiger partial charge in [0.1, 0.15) is 11.5 Å². The Morgan fingerprint density at radius 2 is 2.00 bits per heavy atom. The zero-order chi connectivity index (χ0) is 12.3. The van der Waals surface area contributed by atoms with Crippen LogP contribution in [0.4, 0.5) is 0 Å². The van der Waals surface area contributed by atoms with Crippen molar-refractivity contribution >= 4 is 23.2 Å². The van der Waals surface area contributed by atoms with Gasteiger partial charge in [-0.05, 0) is 36.9 Å². The maximum absolute atomic E-state index is 6.12. The minimum absolute atomic E-state index is 0.599. The second-order valence-corrected chi connectivity index (χ2v) is 4.51. The summed E-state index contributed by atoms with van der Waals surface area (Å²) < 4.78 is 5.70. The van der Waals surface area contributed by atoms with Gasteiger partial charge in [0.05, 0.1) is 11.6 Å². The molecular formula is C13H13Cl2NO. The third kappa shape index (κ3) is 3.03. The summed E-state index contributed by atoms with van der Waals surface area (Å²) in [4.78, 5) is 0. The van der Waals surface area contributed by atoms with E-state index < -0.39 is 0 Å². The maximum Gasteiger partial charge on any atom is 0.135 e. The Labute approximate surface area is 111 Å². The lowest BCUT2D eigenvalue weighted by atomic mass is 10.2. The monoisotopic (exact) mass is 269 g/mol. The molecule has 1 aromatic carbocycles. The summed E-state index contributed by atoms with van der Waals surface area (Å²) in [5.74, 6) is 1.66. The number of nitrogens with one attached hydrogen (secondary N) is 1. The number of rotatable bonds is 4. The lowest BCUT2D eigenvalue weighted by Crippen LogP contribution is -2.10. The molecule has 0 aliphatic heterocycles. The fourth-order valence-electron chi connectivity index (χ4n) is 1.56. The Balaban J connectivity index is 2.24. The normalized spacial score (nSPS) is 10.8. The highest BCUT2D eigenvalue weighted by atomic mass is 35.5. The molecule has 0 unspecified atom stereocenters. The number of halogens is 2. The SMILES string of the molecule is CCNCc1ccc(-c2ccc(Cl)cc2Cl)o1.